The minimum atomic E-state index is -0.396. The van der Waals surface area contributed by atoms with E-state index in [-0.39, 0.29) is 24.7 Å². The highest BCUT2D eigenvalue weighted by atomic mass is 79.9. The molecule has 3 rings (SSSR count). The van der Waals surface area contributed by atoms with Gasteiger partial charge in [-0.25, -0.2) is 0 Å². The quantitative estimate of drug-likeness (QED) is 0.593. The molecule has 0 aliphatic heterocycles. The van der Waals surface area contributed by atoms with Crippen LogP contribution in [-0.4, -0.2) is 31.4 Å². The van der Waals surface area contributed by atoms with Crippen LogP contribution in [0.1, 0.15) is 28.9 Å². The van der Waals surface area contributed by atoms with Gasteiger partial charge in [0.1, 0.15) is 12.3 Å². The molecule has 9 nitrogen and oxygen atoms in total. The van der Waals surface area contributed by atoms with Gasteiger partial charge in [0.05, 0.1) is 34.9 Å². The monoisotopic (exact) mass is 434 g/mol. The Kier molecular flexibility index (Phi) is 5.75. The number of anilines is 1. The van der Waals surface area contributed by atoms with Crippen LogP contribution in [-0.2, 0) is 24.4 Å². The zero-order valence-corrected chi connectivity index (χ0v) is 16.5. The second-order valence-corrected chi connectivity index (χ2v) is 6.65. The van der Waals surface area contributed by atoms with Gasteiger partial charge in [0.25, 0.3) is 5.91 Å². The van der Waals surface area contributed by atoms with Crippen LogP contribution >= 0.6 is 15.9 Å². The van der Waals surface area contributed by atoms with Crippen molar-refractivity contribution < 1.29 is 14.0 Å². The molecule has 3 heterocycles. The van der Waals surface area contributed by atoms with E-state index in [2.05, 4.69) is 36.8 Å². The second kappa shape index (κ2) is 8.21. The van der Waals surface area contributed by atoms with Crippen molar-refractivity contribution in [2.45, 2.75) is 33.5 Å². The summed E-state index contributed by atoms with van der Waals surface area (Å²) >= 11 is 3.36. The van der Waals surface area contributed by atoms with Crippen molar-refractivity contribution in [2.24, 2.45) is 0 Å². The number of aromatic nitrogens is 4. The Labute approximate surface area is 163 Å². The lowest BCUT2D eigenvalue weighted by Gasteiger charge is -2.07. The highest BCUT2D eigenvalue weighted by Crippen LogP contribution is 2.16. The maximum absolute atomic E-state index is 12.5. The molecule has 3 aromatic heterocycles. The fourth-order valence-corrected chi connectivity index (χ4v) is 2.71. The summed E-state index contributed by atoms with van der Waals surface area (Å²) in [5.74, 6) is -0.0695. The highest BCUT2D eigenvalue weighted by Gasteiger charge is 2.19. The number of furan rings is 1. The van der Waals surface area contributed by atoms with E-state index < -0.39 is 5.91 Å². The molecule has 3 aromatic rings. The minimum Gasteiger partial charge on any atom is -0.467 e. The normalized spacial score (nSPS) is 10.8. The number of amides is 2. The molecule has 0 bridgehead atoms. The number of hydrogen-bond donors (Lipinski definition) is 2. The van der Waals surface area contributed by atoms with Crippen molar-refractivity contribution >= 4 is 33.4 Å². The van der Waals surface area contributed by atoms with Crippen molar-refractivity contribution in [3.8, 4) is 0 Å². The zero-order chi connectivity index (χ0) is 19.4. The standard InChI is InChI=1S/C17H19BrN6O3/c1-3-23-9-14(21-15(25)10-24-11(2)13(18)8-20-24)16(22-23)17(26)19-7-12-5-4-6-27-12/h4-6,8-9H,3,7,10H2,1-2H3,(H,19,26)(H,21,25). The summed E-state index contributed by atoms with van der Waals surface area (Å²) in [5, 5.41) is 13.8. The SMILES string of the molecule is CCn1cc(NC(=O)Cn2ncc(Br)c2C)c(C(=O)NCc2ccco2)n1. The van der Waals surface area contributed by atoms with Crippen molar-refractivity contribution in [3.05, 3.63) is 52.4 Å². The van der Waals surface area contributed by atoms with Gasteiger partial charge >= 0.3 is 0 Å². The summed E-state index contributed by atoms with van der Waals surface area (Å²) in [6, 6.07) is 3.51. The molecule has 0 saturated carbocycles. The van der Waals surface area contributed by atoms with Gasteiger partial charge in [-0.15, -0.1) is 0 Å². The molecule has 10 heteroatoms. The van der Waals surface area contributed by atoms with Crippen LogP contribution in [0, 0.1) is 6.92 Å². The predicted molar refractivity (Wildman–Crippen MR) is 101 cm³/mol. The number of nitrogens with one attached hydrogen (secondary N) is 2. The van der Waals surface area contributed by atoms with Crippen LogP contribution < -0.4 is 10.6 Å². The van der Waals surface area contributed by atoms with Gasteiger partial charge < -0.3 is 15.1 Å². The van der Waals surface area contributed by atoms with Crippen LogP contribution in [0.3, 0.4) is 0 Å². The van der Waals surface area contributed by atoms with Gasteiger partial charge in [-0.3, -0.25) is 19.0 Å². The molecule has 2 amide bonds. The second-order valence-electron chi connectivity index (χ2n) is 5.79. The van der Waals surface area contributed by atoms with Gasteiger partial charge in [-0.1, -0.05) is 0 Å². The Bertz CT molecular complexity index is 944. The molecule has 0 aliphatic carbocycles. The Morgan fingerprint density at radius 2 is 2.19 bits per heavy atom. The molecular formula is C17H19BrN6O3. The van der Waals surface area contributed by atoms with E-state index in [1.165, 1.54) is 6.26 Å². The van der Waals surface area contributed by atoms with Gasteiger partial charge in [0.15, 0.2) is 5.69 Å². The molecule has 0 aromatic carbocycles. The third-order valence-corrected chi connectivity index (χ3v) is 4.69. The maximum Gasteiger partial charge on any atom is 0.274 e. The summed E-state index contributed by atoms with van der Waals surface area (Å²) in [7, 11) is 0. The molecule has 0 aliphatic rings. The lowest BCUT2D eigenvalue weighted by Crippen LogP contribution is -2.26. The average molecular weight is 435 g/mol. The molecule has 2 N–H and O–H groups in total. The third kappa shape index (κ3) is 4.45. The molecule has 0 spiro atoms. The molecule has 0 saturated heterocycles. The van der Waals surface area contributed by atoms with E-state index in [4.69, 9.17) is 4.42 Å². The molecular weight excluding hydrogens is 416 g/mol. The largest absolute Gasteiger partial charge is 0.467 e. The van der Waals surface area contributed by atoms with Crippen molar-refractivity contribution in [3.63, 3.8) is 0 Å². The van der Waals surface area contributed by atoms with Crippen LogP contribution in [0.4, 0.5) is 5.69 Å². The average Bonchev–Trinajstić information content (AvgIpc) is 3.37. The molecule has 0 unspecified atom stereocenters. The number of nitrogens with zero attached hydrogens (tertiary/aromatic N) is 4. The first-order chi connectivity index (χ1) is 13.0. The first-order valence-corrected chi connectivity index (χ1v) is 9.13. The fourth-order valence-electron chi connectivity index (χ4n) is 2.42. The van der Waals surface area contributed by atoms with Gasteiger partial charge in [0, 0.05) is 12.7 Å². The van der Waals surface area contributed by atoms with Gasteiger partial charge in [-0.2, -0.15) is 10.2 Å². The molecule has 0 atom stereocenters. The fraction of sp³-hybridized carbons (Fsp3) is 0.294. The van der Waals surface area contributed by atoms with Crippen molar-refractivity contribution in [1.82, 2.24) is 24.9 Å². The Morgan fingerprint density at radius 1 is 1.37 bits per heavy atom. The maximum atomic E-state index is 12.5. The highest BCUT2D eigenvalue weighted by molar-refractivity contribution is 9.10. The molecule has 142 valence electrons. The van der Waals surface area contributed by atoms with E-state index >= 15 is 0 Å². The van der Waals surface area contributed by atoms with Crippen molar-refractivity contribution in [1.29, 1.82) is 0 Å². The lowest BCUT2D eigenvalue weighted by atomic mass is 10.3. The topological polar surface area (TPSA) is 107 Å². The first kappa shape index (κ1) is 18.9. The Hall–Kier alpha value is -2.88. The third-order valence-electron chi connectivity index (χ3n) is 3.91. The zero-order valence-electron chi connectivity index (χ0n) is 14.9. The summed E-state index contributed by atoms with van der Waals surface area (Å²) in [4.78, 5) is 24.9. The number of rotatable bonds is 7. The van der Waals surface area contributed by atoms with Crippen LogP contribution in [0.5, 0.6) is 0 Å². The van der Waals surface area contributed by atoms with E-state index in [9.17, 15) is 9.59 Å². The summed E-state index contributed by atoms with van der Waals surface area (Å²) in [6.07, 6.45) is 4.80. The smallest absolute Gasteiger partial charge is 0.274 e. The number of halogens is 1. The number of carbonyl (C=O) groups excluding carboxylic acids is 2. The summed E-state index contributed by atoms with van der Waals surface area (Å²) in [5.41, 5.74) is 1.34. The molecule has 0 fully saturated rings. The van der Waals surface area contributed by atoms with Crippen LogP contribution in [0.15, 0.2) is 39.7 Å². The van der Waals surface area contributed by atoms with Gasteiger partial charge in [0.2, 0.25) is 5.91 Å². The molecule has 27 heavy (non-hydrogen) atoms. The van der Waals surface area contributed by atoms with Crippen LogP contribution in [0.25, 0.3) is 0 Å². The minimum absolute atomic E-state index is 0.0300. The lowest BCUT2D eigenvalue weighted by molar-refractivity contribution is -0.116. The number of aryl methyl sites for hydroxylation is 1. The Morgan fingerprint density at radius 3 is 2.81 bits per heavy atom. The van der Waals surface area contributed by atoms with Crippen molar-refractivity contribution in [2.75, 3.05) is 5.32 Å². The Balaban J connectivity index is 1.70. The first-order valence-electron chi connectivity index (χ1n) is 8.33. The number of carbonyl (C=O) groups is 2. The van der Waals surface area contributed by atoms with Gasteiger partial charge in [-0.05, 0) is 41.9 Å². The van der Waals surface area contributed by atoms with E-state index in [1.54, 1.807) is 33.9 Å². The molecule has 0 radical (unpaired) electrons. The summed E-state index contributed by atoms with van der Waals surface area (Å²) < 4.78 is 9.18. The predicted octanol–water partition coefficient (Wildman–Crippen LogP) is 2.33. The van der Waals surface area contributed by atoms with E-state index in [1.807, 2.05) is 13.8 Å². The van der Waals surface area contributed by atoms with E-state index in [0.29, 0.717) is 18.0 Å². The van der Waals surface area contributed by atoms with E-state index in [0.717, 1.165) is 10.2 Å². The number of hydrogen-bond acceptors (Lipinski definition) is 5. The summed E-state index contributed by atoms with van der Waals surface area (Å²) in [6.45, 7) is 4.58. The van der Waals surface area contributed by atoms with Crippen LogP contribution in [0.2, 0.25) is 0 Å².